The molecule has 26 heavy (non-hydrogen) atoms. The van der Waals surface area contributed by atoms with E-state index >= 15 is 0 Å². The first-order valence-electron chi connectivity index (χ1n) is 7.53. The van der Waals surface area contributed by atoms with Crippen molar-refractivity contribution in [3.05, 3.63) is 35.5 Å². The normalized spacial score (nSPS) is 14.7. The summed E-state index contributed by atoms with van der Waals surface area (Å²) < 4.78 is 46.0. The topological polar surface area (TPSA) is 88.1 Å². The minimum absolute atomic E-state index is 0.0270. The van der Waals surface area contributed by atoms with Gasteiger partial charge in [-0.3, -0.25) is 4.79 Å². The second-order valence-electron chi connectivity index (χ2n) is 5.35. The lowest BCUT2D eigenvalue weighted by molar-refractivity contribution is -0.153. The molecule has 0 bridgehead atoms. The van der Waals surface area contributed by atoms with E-state index in [1.807, 2.05) is 0 Å². The molecule has 0 aromatic heterocycles. The lowest BCUT2D eigenvalue weighted by Crippen LogP contribution is -2.31. The molecular weight excluding hydrogens is 357 g/mol. The summed E-state index contributed by atoms with van der Waals surface area (Å²) in [5.74, 6) is -1.29. The maximum Gasteiger partial charge on any atom is 0.422 e. The van der Waals surface area contributed by atoms with Gasteiger partial charge in [0.1, 0.15) is 11.4 Å². The molecule has 1 aromatic carbocycles. The Hall–Kier alpha value is -2.75. The van der Waals surface area contributed by atoms with Crippen molar-refractivity contribution in [2.45, 2.75) is 6.18 Å². The van der Waals surface area contributed by atoms with Gasteiger partial charge in [0, 0.05) is 18.3 Å². The lowest BCUT2D eigenvalue weighted by Gasteiger charge is -2.15. The van der Waals surface area contributed by atoms with Crippen LogP contribution in [-0.4, -0.2) is 61.5 Å². The van der Waals surface area contributed by atoms with Gasteiger partial charge in [-0.1, -0.05) is 6.07 Å². The zero-order valence-electron chi connectivity index (χ0n) is 13.8. The van der Waals surface area contributed by atoms with Gasteiger partial charge in [0.05, 0.1) is 25.8 Å². The van der Waals surface area contributed by atoms with Crippen molar-refractivity contribution >= 4 is 17.6 Å². The van der Waals surface area contributed by atoms with E-state index in [2.05, 4.69) is 14.8 Å². The molecule has 142 valence electrons. The fourth-order valence-electron chi connectivity index (χ4n) is 2.32. The van der Waals surface area contributed by atoms with Gasteiger partial charge in [0.2, 0.25) is 0 Å². The quantitative estimate of drug-likeness (QED) is 0.700. The predicted molar refractivity (Wildman–Crippen MR) is 84.3 cm³/mol. The number of β-amino-alcohol motifs (C(OH)–C–C–N with tert-alkyl or cyclic N) is 1. The fraction of sp³-hybridized carbons (Fsp3) is 0.375. The van der Waals surface area contributed by atoms with Crippen LogP contribution in [0.1, 0.15) is 0 Å². The van der Waals surface area contributed by atoms with Gasteiger partial charge in [-0.15, -0.1) is 0 Å². The third-order valence-electron chi connectivity index (χ3n) is 3.46. The Morgan fingerprint density at radius 3 is 2.73 bits per heavy atom. The molecule has 2 N–H and O–H groups in total. The first-order chi connectivity index (χ1) is 12.2. The number of anilines is 1. The Kier molecular flexibility index (Phi) is 6.09. The van der Waals surface area contributed by atoms with E-state index in [1.54, 1.807) is 0 Å². The summed E-state index contributed by atoms with van der Waals surface area (Å²) in [6.07, 6.45) is -4.48. The Labute approximate surface area is 147 Å². The Morgan fingerprint density at radius 1 is 1.38 bits per heavy atom. The van der Waals surface area contributed by atoms with Crippen LogP contribution in [0.3, 0.4) is 0 Å². The number of halogens is 3. The van der Waals surface area contributed by atoms with Crippen molar-refractivity contribution in [3.63, 3.8) is 0 Å². The molecular formula is C16H17F3N2O5. The summed E-state index contributed by atoms with van der Waals surface area (Å²) in [5.41, 5.74) is 0.270. The monoisotopic (exact) mass is 374 g/mol. The summed E-state index contributed by atoms with van der Waals surface area (Å²) in [5, 5.41) is 11.7. The van der Waals surface area contributed by atoms with E-state index in [0.29, 0.717) is 0 Å². The van der Waals surface area contributed by atoms with Gasteiger partial charge in [-0.25, -0.2) is 4.79 Å². The molecule has 2 rings (SSSR count). The van der Waals surface area contributed by atoms with Crippen LogP contribution < -0.4 is 10.1 Å². The van der Waals surface area contributed by atoms with Gasteiger partial charge in [-0.05, 0) is 12.1 Å². The summed E-state index contributed by atoms with van der Waals surface area (Å²) in [4.78, 5) is 25.5. The number of amides is 1. The maximum absolute atomic E-state index is 12.4. The molecule has 0 aliphatic carbocycles. The minimum Gasteiger partial charge on any atom is -0.484 e. The Morgan fingerprint density at radius 2 is 2.12 bits per heavy atom. The standard InChI is InChI=1S/C16H17F3N2O5/c1-25-15(24)12-8-21(5-6-22)14(23)13(12)20-10-3-2-4-11(7-10)26-9-16(17,18)19/h2-4,7,20,22H,5-6,8-9H2,1H3. The van der Waals surface area contributed by atoms with E-state index in [0.717, 1.165) is 7.11 Å². The number of benzene rings is 1. The molecule has 0 saturated carbocycles. The number of aliphatic hydroxyl groups is 1. The Bertz CT molecular complexity index is 718. The Balaban J connectivity index is 2.21. The molecule has 0 radical (unpaired) electrons. The van der Waals surface area contributed by atoms with E-state index in [9.17, 15) is 22.8 Å². The van der Waals surface area contributed by atoms with Crippen LogP contribution in [0.15, 0.2) is 35.5 Å². The SMILES string of the molecule is COC(=O)C1=C(Nc2cccc(OCC(F)(F)F)c2)C(=O)N(CCO)C1. The van der Waals surface area contributed by atoms with Crippen molar-refractivity contribution in [1.82, 2.24) is 4.90 Å². The largest absolute Gasteiger partial charge is 0.484 e. The van der Waals surface area contributed by atoms with Gasteiger partial charge >= 0.3 is 12.1 Å². The highest BCUT2D eigenvalue weighted by Crippen LogP contribution is 2.26. The van der Waals surface area contributed by atoms with Crippen LogP contribution in [0.2, 0.25) is 0 Å². The fourth-order valence-corrected chi connectivity index (χ4v) is 2.32. The number of rotatable bonds is 7. The number of hydrogen-bond donors (Lipinski definition) is 2. The number of carbonyl (C=O) groups is 2. The van der Waals surface area contributed by atoms with Crippen LogP contribution in [0, 0.1) is 0 Å². The molecule has 1 aliphatic rings. The summed E-state index contributed by atoms with van der Waals surface area (Å²) in [6, 6.07) is 5.55. The van der Waals surface area contributed by atoms with Gasteiger partial charge in [0.25, 0.3) is 5.91 Å². The molecule has 1 aliphatic heterocycles. The summed E-state index contributed by atoms with van der Waals surface area (Å²) in [6.45, 7) is -1.75. The number of methoxy groups -OCH3 is 1. The van der Waals surface area contributed by atoms with E-state index in [1.165, 1.54) is 29.2 Å². The summed E-state index contributed by atoms with van der Waals surface area (Å²) >= 11 is 0. The van der Waals surface area contributed by atoms with Crippen molar-refractivity contribution in [1.29, 1.82) is 0 Å². The minimum atomic E-state index is -4.48. The van der Waals surface area contributed by atoms with Crippen molar-refractivity contribution in [3.8, 4) is 5.75 Å². The zero-order valence-corrected chi connectivity index (χ0v) is 13.8. The molecule has 1 aromatic rings. The molecule has 1 heterocycles. The smallest absolute Gasteiger partial charge is 0.422 e. The van der Waals surface area contributed by atoms with Crippen LogP contribution in [0.5, 0.6) is 5.75 Å². The molecule has 0 atom stereocenters. The number of alkyl halides is 3. The molecule has 10 heteroatoms. The molecule has 7 nitrogen and oxygen atoms in total. The highest BCUT2D eigenvalue weighted by atomic mass is 19.4. The number of nitrogens with one attached hydrogen (secondary N) is 1. The predicted octanol–water partition coefficient (Wildman–Crippen LogP) is 1.30. The average Bonchev–Trinajstić information content (AvgIpc) is 2.89. The average molecular weight is 374 g/mol. The summed E-state index contributed by atoms with van der Waals surface area (Å²) in [7, 11) is 1.16. The zero-order chi connectivity index (χ0) is 19.3. The third kappa shape index (κ3) is 4.88. The first kappa shape index (κ1) is 19.6. The van der Waals surface area contributed by atoms with Crippen LogP contribution in [0.25, 0.3) is 0 Å². The number of aliphatic hydroxyl groups excluding tert-OH is 1. The molecule has 0 unspecified atom stereocenters. The van der Waals surface area contributed by atoms with Crippen LogP contribution in [-0.2, 0) is 14.3 Å². The van der Waals surface area contributed by atoms with Gasteiger partial charge in [-0.2, -0.15) is 13.2 Å². The second-order valence-corrected chi connectivity index (χ2v) is 5.35. The highest BCUT2D eigenvalue weighted by molar-refractivity contribution is 6.08. The van der Waals surface area contributed by atoms with Gasteiger partial charge < -0.3 is 24.8 Å². The number of esters is 1. The van der Waals surface area contributed by atoms with E-state index in [-0.39, 0.29) is 42.4 Å². The lowest BCUT2D eigenvalue weighted by atomic mass is 10.2. The number of nitrogens with zero attached hydrogens (tertiary/aromatic N) is 1. The first-order valence-corrected chi connectivity index (χ1v) is 7.53. The van der Waals surface area contributed by atoms with E-state index < -0.39 is 24.7 Å². The highest BCUT2D eigenvalue weighted by Gasteiger charge is 2.34. The second kappa shape index (κ2) is 8.09. The van der Waals surface area contributed by atoms with Crippen LogP contribution in [0.4, 0.5) is 18.9 Å². The molecule has 0 fully saturated rings. The maximum atomic E-state index is 12.4. The van der Waals surface area contributed by atoms with Crippen molar-refractivity contribution < 1.29 is 37.3 Å². The number of hydrogen-bond acceptors (Lipinski definition) is 6. The van der Waals surface area contributed by atoms with Crippen LogP contribution >= 0.6 is 0 Å². The number of ether oxygens (including phenoxy) is 2. The van der Waals surface area contributed by atoms with Crippen molar-refractivity contribution in [2.75, 3.05) is 38.7 Å². The van der Waals surface area contributed by atoms with Crippen molar-refractivity contribution in [2.24, 2.45) is 0 Å². The van der Waals surface area contributed by atoms with Gasteiger partial charge in [0.15, 0.2) is 6.61 Å². The molecule has 1 amide bonds. The number of carbonyl (C=O) groups excluding carboxylic acids is 2. The van der Waals surface area contributed by atoms with E-state index in [4.69, 9.17) is 5.11 Å². The third-order valence-corrected chi connectivity index (χ3v) is 3.46. The molecule has 0 saturated heterocycles. The molecule has 0 spiro atoms.